The third-order valence-electron chi connectivity index (χ3n) is 4.59. The molecule has 1 amide bonds. The summed E-state index contributed by atoms with van der Waals surface area (Å²) >= 11 is 0. The standard InChI is InChI=1S/C20H21N5O2/c1-24-12-15(11-21-24)7-8-20(26)25-10-9-18-17(13-25)19(23-22-18)14-27-16-5-3-2-4-6-16/h2-8,11-12H,9-10,13-14H2,1H3,(H,22,23)/b8-7+. The van der Waals surface area contributed by atoms with Crippen LogP contribution in [0.3, 0.4) is 0 Å². The summed E-state index contributed by atoms with van der Waals surface area (Å²) in [5.74, 6) is 0.790. The van der Waals surface area contributed by atoms with Gasteiger partial charge in [-0.15, -0.1) is 0 Å². The smallest absolute Gasteiger partial charge is 0.246 e. The second-order valence-electron chi connectivity index (χ2n) is 6.52. The quantitative estimate of drug-likeness (QED) is 0.706. The van der Waals surface area contributed by atoms with Crippen molar-refractivity contribution in [3.8, 4) is 5.75 Å². The van der Waals surface area contributed by atoms with E-state index in [1.807, 2.05) is 48.5 Å². The molecule has 0 saturated carbocycles. The van der Waals surface area contributed by atoms with Gasteiger partial charge in [0.15, 0.2) is 0 Å². The zero-order valence-corrected chi connectivity index (χ0v) is 15.1. The summed E-state index contributed by atoms with van der Waals surface area (Å²) in [5.41, 5.74) is 3.90. The minimum absolute atomic E-state index is 0.0133. The Labute approximate surface area is 157 Å². The number of fused-ring (bicyclic) bond motifs is 1. The number of aryl methyl sites for hydroxylation is 1. The number of carbonyl (C=O) groups excluding carboxylic acids is 1. The molecule has 27 heavy (non-hydrogen) atoms. The molecule has 0 unspecified atom stereocenters. The molecule has 1 N–H and O–H groups in total. The minimum atomic E-state index is -0.0133. The fourth-order valence-corrected chi connectivity index (χ4v) is 3.13. The van der Waals surface area contributed by atoms with Gasteiger partial charge in [-0.05, 0) is 18.2 Å². The van der Waals surface area contributed by atoms with Gasteiger partial charge in [0.2, 0.25) is 5.91 Å². The van der Waals surface area contributed by atoms with Crippen molar-refractivity contribution < 1.29 is 9.53 Å². The van der Waals surface area contributed by atoms with Crippen LogP contribution in [0.15, 0.2) is 48.8 Å². The first-order valence-electron chi connectivity index (χ1n) is 8.87. The molecule has 7 heteroatoms. The van der Waals surface area contributed by atoms with E-state index in [0.29, 0.717) is 19.7 Å². The molecule has 0 bridgehead atoms. The van der Waals surface area contributed by atoms with Gasteiger partial charge >= 0.3 is 0 Å². The van der Waals surface area contributed by atoms with Gasteiger partial charge in [-0.25, -0.2) is 0 Å². The van der Waals surface area contributed by atoms with E-state index in [0.717, 1.165) is 34.7 Å². The third kappa shape index (κ3) is 3.92. The van der Waals surface area contributed by atoms with Crippen molar-refractivity contribution in [2.45, 2.75) is 19.6 Å². The third-order valence-corrected chi connectivity index (χ3v) is 4.59. The Kier molecular flexibility index (Phi) is 4.74. The van der Waals surface area contributed by atoms with Crippen LogP contribution in [0.1, 0.15) is 22.5 Å². The minimum Gasteiger partial charge on any atom is -0.487 e. The first-order valence-corrected chi connectivity index (χ1v) is 8.87. The van der Waals surface area contributed by atoms with E-state index in [1.54, 1.807) is 23.0 Å². The highest BCUT2D eigenvalue weighted by Gasteiger charge is 2.24. The Hall–Kier alpha value is -3.35. The van der Waals surface area contributed by atoms with Crippen LogP contribution in [0.5, 0.6) is 5.75 Å². The van der Waals surface area contributed by atoms with E-state index in [-0.39, 0.29) is 5.91 Å². The Morgan fingerprint density at radius 2 is 2.19 bits per heavy atom. The summed E-state index contributed by atoms with van der Waals surface area (Å²) in [6.45, 7) is 1.59. The van der Waals surface area contributed by atoms with Crippen molar-refractivity contribution in [1.29, 1.82) is 0 Å². The number of H-pyrrole nitrogens is 1. The molecule has 0 atom stereocenters. The number of amides is 1. The Bertz CT molecular complexity index is 958. The normalized spacial score (nSPS) is 13.7. The molecular formula is C20H21N5O2. The van der Waals surface area contributed by atoms with Gasteiger partial charge in [0, 0.05) is 55.7 Å². The van der Waals surface area contributed by atoms with Crippen LogP contribution >= 0.6 is 0 Å². The maximum atomic E-state index is 12.6. The van der Waals surface area contributed by atoms with Crippen LogP contribution in [0, 0.1) is 0 Å². The average Bonchev–Trinajstić information content (AvgIpc) is 3.30. The average molecular weight is 363 g/mol. The van der Waals surface area contributed by atoms with Crippen LogP contribution in [0.25, 0.3) is 6.08 Å². The fourth-order valence-electron chi connectivity index (χ4n) is 3.13. The number of carbonyl (C=O) groups is 1. The van der Waals surface area contributed by atoms with E-state index in [9.17, 15) is 4.79 Å². The highest BCUT2D eigenvalue weighted by molar-refractivity contribution is 5.91. The first-order chi connectivity index (χ1) is 13.2. The Morgan fingerprint density at radius 3 is 2.96 bits per heavy atom. The predicted molar refractivity (Wildman–Crippen MR) is 101 cm³/mol. The fraction of sp³-hybridized carbons (Fsp3) is 0.250. The number of para-hydroxylation sites is 1. The molecule has 0 saturated heterocycles. The predicted octanol–water partition coefficient (Wildman–Crippen LogP) is 2.32. The number of rotatable bonds is 5. The summed E-state index contributed by atoms with van der Waals surface area (Å²) < 4.78 is 7.52. The second-order valence-corrected chi connectivity index (χ2v) is 6.52. The van der Waals surface area contributed by atoms with Crippen LogP contribution < -0.4 is 4.74 Å². The molecule has 0 spiro atoms. The van der Waals surface area contributed by atoms with E-state index < -0.39 is 0 Å². The number of aromatic amines is 1. The molecule has 3 heterocycles. The molecule has 7 nitrogen and oxygen atoms in total. The van der Waals surface area contributed by atoms with E-state index >= 15 is 0 Å². The van der Waals surface area contributed by atoms with Gasteiger partial charge in [-0.2, -0.15) is 10.2 Å². The van der Waals surface area contributed by atoms with Crippen LogP contribution in [-0.2, 0) is 31.4 Å². The number of ether oxygens (including phenoxy) is 1. The first kappa shape index (κ1) is 17.1. The lowest BCUT2D eigenvalue weighted by Gasteiger charge is -2.26. The molecule has 0 fully saturated rings. The van der Waals surface area contributed by atoms with Crippen LogP contribution in [-0.4, -0.2) is 37.3 Å². The monoisotopic (exact) mass is 363 g/mol. The van der Waals surface area contributed by atoms with Crippen molar-refractivity contribution in [2.24, 2.45) is 7.05 Å². The summed E-state index contributed by atoms with van der Waals surface area (Å²) in [6, 6.07) is 9.65. The Morgan fingerprint density at radius 1 is 1.33 bits per heavy atom. The topological polar surface area (TPSA) is 76.0 Å². The molecule has 1 aliphatic heterocycles. The van der Waals surface area contributed by atoms with E-state index in [4.69, 9.17) is 4.74 Å². The number of hydrogen-bond donors (Lipinski definition) is 1. The van der Waals surface area contributed by atoms with Crippen molar-refractivity contribution in [3.63, 3.8) is 0 Å². The number of nitrogens with one attached hydrogen (secondary N) is 1. The molecule has 1 aromatic carbocycles. The molecule has 1 aliphatic rings. The lowest BCUT2D eigenvalue weighted by molar-refractivity contribution is -0.126. The van der Waals surface area contributed by atoms with Crippen LogP contribution in [0.4, 0.5) is 0 Å². The Balaban J connectivity index is 1.42. The largest absolute Gasteiger partial charge is 0.487 e. The molecule has 3 aromatic rings. The van der Waals surface area contributed by atoms with Crippen molar-refractivity contribution >= 4 is 12.0 Å². The zero-order chi connectivity index (χ0) is 18.6. The van der Waals surface area contributed by atoms with Gasteiger partial charge < -0.3 is 9.64 Å². The maximum absolute atomic E-state index is 12.6. The van der Waals surface area contributed by atoms with Crippen LogP contribution in [0.2, 0.25) is 0 Å². The summed E-state index contributed by atoms with van der Waals surface area (Å²) in [5, 5.41) is 11.6. The number of aromatic nitrogens is 4. The van der Waals surface area contributed by atoms with Crippen molar-refractivity contribution in [1.82, 2.24) is 24.9 Å². The lowest BCUT2D eigenvalue weighted by atomic mass is 10.1. The van der Waals surface area contributed by atoms with Crippen molar-refractivity contribution in [2.75, 3.05) is 6.54 Å². The van der Waals surface area contributed by atoms with E-state index in [1.165, 1.54) is 0 Å². The molecule has 0 aliphatic carbocycles. The molecule has 4 rings (SSSR count). The van der Waals surface area contributed by atoms with Gasteiger partial charge in [-0.3, -0.25) is 14.6 Å². The summed E-state index contributed by atoms with van der Waals surface area (Å²) in [4.78, 5) is 14.4. The van der Waals surface area contributed by atoms with Crippen molar-refractivity contribution in [3.05, 3.63) is 71.3 Å². The molecule has 0 radical (unpaired) electrons. The highest BCUT2D eigenvalue weighted by Crippen LogP contribution is 2.22. The second kappa shape index (κ2) is 7.49. The lowest BCUT2D eigenvalue weighted by Crippen LogP contribution is -2.35. The number of benzene rings is 1. The molecule has 138 valence electrons. The maximum Gasteiger partial charge on any atom is 0.246 e. The number of hydrogen-bond acceptors (Lipinski definition) is 4. The SMILES string of the molecule is Cn1cc(/C=C/C(=O)N2CCc3[nH]nc(COc4ccccc4)c3C2)cn1. The molecule has 2 aromatic heterocycles. The van der Waals surface area contributed by atoms with Gasteiger partial charge in [0.05, 0.1) is 6.20 Å². The number of nitrogens with zero attached hydrogens (tertiary/aromatic N) is 4. The van der Waals surface area contributed by atoms with Gasteiger partial charge in [0.1, 0.15) is 18.1 Å². The molecular weight excluding hydrogens is 342 g/mol. The zero-order valence-electron chi connectivity index (χ0n) is 15.1. The summed E-state index contributed by atoms with van der Waals surface area (Å²) in [6.07, 6.45) is 7.75. The highest BCUT2D eigenvalue weighted by atomic mass is 16.5. The summed E-state index contributed by atoms with van der Waals surface area (Å²) in [7, 11) is 1.85. The van der Waals surface area contributed by atoms with Gasteiger partial charge in [-0.1, -0.05) is 18.2 Å². The van der Waals surface area contributed by atoms with Gasteiger partial charge in [0.25, 0.3) is 0 Å². The van der Waals surface area contributed by atoms with E-state index in [2.05, 4.69) is 15.3 Å².